The number of aliphatic hydroxyl groups excluding tert-OH is 1. The number of likely N-dealkylation sites (N-methyl/N-ethyl adjacent to an activating group) is 1. The fourth-order valence-corrected chi connectivity index (χ4v) is 1.84. The summed E-state index contributed by atoms with van der Waals surface area (Å²) in [5, 5.41) is 12.5. The number of rotatable bonds is 8. The quantitative estimate of drug-likeness (QED) is 0.705. The van der Waals surface area contributed by atoms with E-state index in [1.807, 2.05) is 43.1 Å². The number of nitrogens with zero attached hydrogens (tertiary/aromatic N) is 1. The molecule has 0 aliphatic heterocycles. The third-order valence-corrected chi connectivity index (χ3v) is 3.11. The van der Waals surface area contributed by atoms with Gasteiger partial charge in [-0.15, -0.1) is 0 Å². The van der Waals surface area contributed by atoms with E-state index in [0.29, 0.717) is 26.1 Å². The predicted octanol–water partition coefficient (Wildman–Crippen LogP) is 1.33. The molecular weight excluding hydrogens is 256 g/mol. The largest absolute Gasteiger partial charge is 0.388 e. The van der Waals surface area contributed by atoms with Crippen LogP contribution in [0.2, 0.25) is 0 Å². The Morgan fingerprint density at radius 3 is 2.60 bits per heavy atom. The summed E-state index contributed by atoms with van der Waals surface area (Å²) in [5.41, 5.74) is 1.84. The second-order valence-corrected chi connectivity index (χ2v) is 4.71. The van der Waals surface area contributed by atoms with E-state index in [9.17, 15) is 9.90 Å². The van der Waals surface area contributed by atoms with Crippen molar-refractivity contribution in [3.8, 4) is 0 Å². The molecule has 5 heteroatoms. The summed E-state index contributed by atoms with van der Waals surface area (Å²) in [6.45, 7) is 3.26. The van der Waals surface area contributed by atoms with E-state index < -0.39 is 6.10 Å². The smallest absolute Gasteiger partial charge is 0.239 e. The second-order valence-electron chi connectivity index (χ2n) is 4.71. The maximum atomic E-state index is 11.7. The molecule has 0 spiro atoms. The molecule has 5 nitrogen and oxygen atoms in total. The van der Waals surface area contributed by atoms with E-state index >= 15 is 0 Å². The highest BCUT2D eigenvalue weighted by Crippen LogP contribution is 2.20. The molecule has 0 heterocycles. The van der Waals surface area contributed by atoms with Gasteiger partial charge in [0, 0.05) is 26.4 Å². The molecule has 0 saturated carbocycles. The molecule has 0 aromatic heterocycles. The van der Waals surface area contributed by atoms with E-state index in [-0.39, 0.29) is 5.91 Å². The topological polar surface area (TPSA) is 61.8 Å². The maximum absolute atomic E-state index is 11.7. The SMILES string of the molecule is CC[C@@H](O)c1ccc(N(C)CC(=O)NCCOC)cc1. The molecule has 1 rings (SSSR count). The van der Waals surface area contributed by atoms with Crippen molar-refractivity contribution in [2.75, 3.05) is 38.8 Å². The Kier molecular flexibility index (Phi) is 7.04. The number of benzene rings is 1. The Bertz CT molecular complexity index is 406. The molecule has 1 amide bonds. The summed E-state index contributed by atoms with van der Waals surface area (Å²) in [5.74, 6) is -0.0396. The molecule has 0 radical (unpaired) electrons. The minimum atomic E-state index is -0.424. The number of hydrogen-bond acceptors (Lipinski definition) is 4. The lowest BCUT2D eigenvalue weighted by atomic mass is 10.1. The fraction of sp³-hybridized carbons (Fsp3) is 0.533. The second kappa shape index (κ2) is 8.55. The van der Waals surface area contributed by atoms with Gasteiger partial charge in [0.05, 0.1) is 19.3 Å². The van der Waals surface area contributed by atoms with Crippen LogP contribution in [0.5, 0.6) is 0 Å². The highest BCUT2D eigenvalue weighted by Gasteiger charge is 2.08. The third kappa shape index (κ3) is 5.19. The van der Waals surface area contributed by atoms with Gasteiger partial charge < -0.3 is 20.1 Å². The van der Waals surface area contributed by atoms with Gasteiger partial charge in [0.25, 0.3) is 0 Å². The Labute approximate surface area is 120 Å². The zero-order chi connectivity index (χ0) is 15.0. The molecule has 0 aliphatic carbocycles. The highest BCUT2D eigenvalue weighted by atomic mass is 16.5. The number of carbonyl (C=O) groups excluding carboxylic acids is 1. The molecule has 0 saturated heterocycles. The van der Waals surface area contributed by atoms with Gasteiger partial charge in [0.15, 0.2) is 0 Å². The maximum Gasteiger partial charge on any atom is 0.239 e. The van der Waals surface area contributed by atoms with Gasteiger partial charge in [-0.05, 0) is 24.1 Å². The molecule has 0 fully saturated rings. The first-order valence-corrected chi connectivity index (χ1v) is 6.83. The summed E-state index contributed by atoms with van der Waals surface area (Å²) in [7, 11) is 3.46. The van der Waals surface area contributed by atoms with Gasteiger partial charge >= 0.3 is 0 Å². The zero-order valence-corrected chi connectivity index (χ0v) is 12.4. The van der Waals surface area contributed by atoms with Gasteiger partial charge in [-0.25, -0.2) is 0 Å². The van der Waals surface area contributed by atoms with Crippen molar-refractivity contribution in [1.29, 1.82) is 0 Å². The fourth-order valence-electron chi connectivity index (χ4n) is 1.84. The molecule has 1 atom stereocenters. The average molecular weight is 280 g/mol. The average Bonchev–Trinajstić information content (AvgIpc) is 2.46. The Balaban J connectivity index is 2.50. The number of ether oxygens (including phenoxy) is 1. The number of amides is 1. The van der Waals surface area contributed by atoms with Crippen LogP contribution in [0.3, 0.4) is 0 Å². The van der Waals surface area contributed by atoms with Crippen LogP contribution in [-0.2, 0) is 9.53 Å². The van der Waals surface area contributed by atoms with E-state index in [2.05, 4.69) is 5.32 Å². The number of anilines is 1. The monoisotopic (exact) mass is 280 g/mol. The van der Waals surface area contributed by atoms with Crippen LogP contribution < -0.4 is 10.2 Å². The first-order chi connectivity index (χ1) is 9.58. The Morgan fingerprint density at radius 2 is 2.05 bits per heavy atom. The molecule has 0 aliphatic rings. The van der Waals surface area contributed by atoms with Gasteiger partial charge in [-0.1, -0.05) is 19.1 Å². The molecule has 0 unspecified atom stereocenters. The summed E-state index contributed by atoms with van der Waals surface area (Å²) in [6.07, 6.45) is 0.267. The van der Waals surface area contributed by atoms with Crippen LogP contribution in [0.25, 0.3) is 0 Å². The van der Waals surface area contributed by atoms with E-state index in [1.165, 1.54) is 0 Å². The molecule has 2 N–H and O–H groups in total. The van der Waals surface area contributed by atoms with Crippen molar-refractivity contribution in [1.82, 2.24) is 5.32 Å². The summed E-state index contributed by atoms with van der Waals surface area (Å²) in [4.78, 5) is 13.5. The van der Waals surface area contributed by atoms with Crippen molar-refractivity contribution < 1.29 is 14.6 Å². The van der Waals surface area contributed by atoms with Crippen LogP contribution in [0.4, 0.5) is 5.69 Å². The van der Waals surface area contributed by atoms with Crippen molar-refractivity contribution in [2.24, 2.45) is 0 Å². The van der Waals surface area contributed by atoms with Gasteiger partial charge in [0.2, 0.25) is 5.91 Å². The number of hydrogen-bond donors (Lipinski definition) is 2. The van der Waals surface area contributed by atoms with E-state index in [1.54, 1.807) is 7.11 Å². The predicted molar refractivity (Wildman–Crippen MR) is 79.8 cm³/mol. The first kappa shape index (κ1) is 16.5. The number of aliphatic hydroxyl groups is 1. The van der Waals surface area contributed by atoms with Gasteiger partial charge in [-0.2, -0.15) is 0 Å². The standard InChI is InChI=1S/C15H24N2O3/c1-4-14(18)12-5-7-13(8-6-12)17(2)11-15(19)16-9-10-20-3/h5-8,14,18H,4,9-11H2,1-3H3,(H,16,19)/t14-/m1/s1. The first-order valence-electron chi connectivity index (χ1n) is 6.83. The van der Waals surface area contributed by atoms with E-state index in [4.69, 9.17) is 4.74 Å². The molecule has 1 aromatic rings. The number of carbonyl (C=O) groups is 1. The van der Waals surface area contributed by atoms with Crippen LogP contribution in [0.1, 0.15) is 25.0 Å². The van der Waals surface area contributed by atoms with Crippen LogP contribution >= 0.6 is 0 Å². The summed E-state index contributed by atoms with van der Waals surface area (Å²) in [6, 6.07) is 7.61. The highest BCUT2D eigenvalue weighted by molar-refractivity contribution is 5.81. The zero-order valence-electron chi connectivity index (χ0n) is 12.4. The van der Waals surface area contributed by atoms with Gasteiger partial charge in [0.1, 0.15) is 0 Å². The normalized spacial score (nSPS) is 12.0. The van der Waals surface area contributed by atoms with Crippen molar-refractivity contribution in [3.63, 3.8) is 0 Å². The lowest BCUT2D eigenvalue weighted by molar-refractivity contribution is -0.119. The van der Waals surface area contributed by atoms with Crippen molar-refractivity contribution in [2.45, 2.75) is 19.4 Å². The molecule has 20 heavy (non-hydrogen) atoms. The Hall–Kier alpha value is -1.59. The third-order valence-electron chi connectivity index (χ3n) is 3.11. The minimum absolute atomic E-state index is 0.0396. The minimum Gasteiger partial charge on any atom is -0.388 e. The van der Waals surface area contributed by atoms with Crippen LogP contribution in [0, 0.1) is 0 Å². The molecule has 0 bridgehead atoms. The van der Waals surface area contributed by atoms with Gasteiger partial charge in [-0.3, -0.25) is 4.79 Å². The van der Waals surface area contributed by atoms with E-state index in [0.717, 1.165) is 11.3 Å². The van der Waals surface area contributed by atoms with Crippen LogP contribution in [0.15, 0.2) is 24.3 Å². The summed E-state index contributed by atoms with van der Waals surface area (Å²) < 4.78 is 4.88. The number of methoxy groups -OCH3 is 1. The lowest BCUT2D eigenvalue weighted by Crippen LogP contribution is -2.36. The van der Waals surface area contributed by atoms with Crippen LogP contribution in [-0.4, -0.2) is 44.9 Å². The van der Waals surface area contributed by atoms with Crippen molar-refractivity contribution in [3.05, 3.63) is 29.8 Å². The molecular formula is C15H24N2O3. The molecule has 1 aromatic carbocycles. The molecule has 112 valence electrons. The van der Waals surface area contributed by atoms with Crippen molar-refractivity contribution >= 4 is 11.6 Å². The lowest BCUT2D eigenvalue weighted by Gasteiger charge is -2.19. The Morgan fingerprint density at radius 1 is 1.40 bits per heavy atom. The number of nitrogens with one attached hydrogen (secondary N) is 1. The summed E-state index contributed by atoms with van der Waals surface area (Å²) >= 11 is 0.